The van der Waals surface area contributed by atoms with E-state index in [9.17, 15) is 0 Å². The van der Waals surface area contributed by atoms with Crippen LogP contribution in [0.4, 0.5) is 0 Å². The molecule has 0 amide bonds. The summed E-state index contributed by atoms with van der Waals surface area (Å²) in [7, 11) is 2.16. The predicted molar refractivity (Wildman–Crippen MR) is 90.8 cm³/mol. The molecule has 0 aromatic carbocycles. The van der Waals surface area contributed by atoms with Crippen LogP contribution in [0.5, 0.6) is 5.88 Å². The summed E-state index contributed by atoms with van der Waals surface area (Å²) in [6, 6.07) is 4.08. The average molecular weight is 295 g/mol. The highest BCUT2D eigenvalue weighted by molar-refractivity contribution is 5.17. The fraction of sp³-hybridized carbons (Fsp3) is 0.706. The summed E-state index contributed by atoms with van der Waals surface area (Å²) in [4.78, 5) is 6.73. The summed E-state index contributed by atoms with van der Waals surface area (Å²) < 4.78 is 5.63. The quantitative estimate of drug-likeness (QED) is 0.636. The zero-order chi connectivity index (χ0) is 15.5. The number of hydrogen-bond acceptors (Lipinski definition) is 4. The molecule has 0 aliphatic carbocycles. The molecule has 4 heteroatoms. The molecule has 0 fully saturated rings. The molecule has 0 bridgehead atoms. The van der Waals surface area contributed by atoms with Gasteiger partial charge in [-0.2, -0.15) is 0 Å². The Morgan fingerprint density at radius 1 is 1.38 bits per heavy atom. The van der Waals surface area contributed by atoms with Gasteiger partial charge >= 0.3 is 0 Å². The Morgan fingerprint density at radius 3 is 2.81 bits per heavy atom. The third kappa shape index (κ3) is 8.02. The van der Waals surface area contributed by atoms with Gasteiger partial charge < -0.3 is 15.0 Å². The normalized spacial score (nSPS) is 12.6. The minimum Gasteiger partial charge on any atom is -0.478 e. The molecule has 1 aromatic rings. The first kappa shape index (κ1) is 17.9. The Bertz CT molecular complexity index is 373. The third-order valence-corrected chi connectivity index (χ3v) is 3.57. The first-order chi connectivity index (χ1) is 10.2. The van der Waals surface area contributed by atoms with Gasteiger partial charge in [-0.25, -0.2) is 4.98 Å². The minimum absolute atomic E-state index is 0. The van der Waals surface area contributed by atoms with Crippen molar-refractivity contribution in [2.45, 2.75) is 40.2 Å². The second kappa shape index (κ2) is 10.6. The first-order valence-electron chi connectivity index (χ1n) is 8.12. The van der Waals surface area contributed by atoms with Crippen molar-refractivity contribution in [1.29, 1.82) is 0 Å². The van der Waals surface area contributed by atoms with E-state index < -0.39 is 0 Å². The van der Waals surface area contributed by atoms with Crippen LogP contribution in [-0.2, 0) is 6.54 Å². The highest BCUT2D eigenvalue weighted by Crippen LogP contribution is 2.11. The molecule has 1 heterocycles. The van der Waals surface area contributed by atoms with E-state index in [1.807, 2.05) is 12.3 Å². The number of nitrogens with one attached hydrogen (secondary N) is 1. The van der Waals surface area contributed by atoms with Crippen LogP contribution in [0.2, 0.25) is 0 Å². The van der Waals surface area contributed by atoms with E-state index in [0.29, 0.717) is 6.61 Å². The van der Waals surface area contributed by atoms with Crippen LogP contribution in [-0.4, -0.2) is 43.2 Å². The Balaban J connectivity index is 0.00000441. The fourth-order valence-electron chi connectivity index (χ4n) is 2.18. The maximum Gasteiger partial charge on any atom is 0.213 e. The van der Waals surface area contributed by atoms with Gasteiger partial charge in [-0.1, -0.05) is 33.3 Å². The molecule has 122 valence electrons. The SMILES string of the molecule is CCNCCCOc1ccc(CN(C)CC(C)CC)cn1.[HH]. The van der Waals surface area contributed by atoms with Crippen molar-refractivity contribution < 1.29 is 6.16 Å². The summed E-state index contributed by atoms with van der Waals surface area (Å²) >= 11 is 0. The summed E-state index contributed by atoms with van der Waals surface area (Å²) in [5, 5.41) is 3.28. The molecular weight excluding hydrogens is 262 g/mol. The molecule has 0 saturated carbocycles. The number of pyridine rings is 1. The Morgan fingerprint density at radius 2 is 2.19 bits per heavy atom. The van der Waals surface area contributed by atoms with Crippen molar-refractivity contribution in [3.63, 3.8) is 0 Å². The number of nitrogens with zero attached hydrogens (tertiary/aromatic N) is 2. The zero-order valence-electron chi connectivity index (χ0n) is 14.1. The number of aromatic nitrogens is 1. The minimum atomic E-state index is 0. The molecule has 21 heavy (non-hydrogen) atoms. The molecule has 0 aliphatic heterocycles. The molecule has 4 nitrogen and oxygen atoms in total. The van der Waals surface area contributed by atoms with E-state index in [1.165, 1.54) is 12.0 Å². The van der Waals surface area contributed by atoms with Crippen LogP contribution in [0.1, 0.15) is 40.6 Å². The molecule has 1 rings (SSSR count). The molecule has 0 radical (unpaired) electrons. The van der Waals surface area contributed by atoms with Crippen LogP contribution >= 0.6 is 0 Å². The van der Waals surface area contributed by atoms with Gasteiger partial charge in [0.25, 0.3) is 0 Å². The molecule has 0 aliphatic rings. The van der Waals surface area contributed by atoms with Gasteiger partial charge in [-0.15, -0.1) is 0 Å². The second-order valence-corrected chi connectivity index (χ2v) is 5.77. The van der Waals surface area contributed by atoms with Crippen molar-refractivity contribution in [2.75, 3.05) is 33.3 Å². The number of ether oxygens (including phenoxy) is 1. The molecule has 0 spiro atoms. The molecule has 0 saturated heterocycles. The van der Waals surface area contributed by atoms with Gasteiger partial charge in [0.2, 0.25) is 5.88 Å². The van der Waals surface area contributed by atoms with Crippen LogP contribution in [0.25, 0.3) is 0 Å². The van der Waals surface area contributed by atoms with Gasteiger partial charge in [0, 0.05) is 26.8 Å². The third-order valence-electron chi connectivity index (χ3n) is 3.57. The van der Waals surface area contributed by atoms with E-state index in [4.69, 9.17) is 4.74 Å². The van der Waals surface area contributed by atoms with E-state index >= 15 is 0 Å². The lowest BCUT2D eigenvalue weighted by atomic mass is 10.1. The van der Waals surface area contributed by atoms with Gasteiger partial charge in [0.05, 0.1) is 6.61 Å². The number of rotatable bonds is 11. The molecule has 1 aromatic heterocycles. The molecule has 1 unspecified atom stereocenters. The molecular formula is C17H33N3O. The highest BCUT2D eigenvalue weighted by atomic mass is 16.5. The second-order valence-electron chi connectivity index (χ2n) is 5.77. The first-order valence-corrected chi connectivity index (χ1v) is 8.12. The molecule has 1 atom stereocenters. The van der Waals surface area contributed by atoms with Crippen molar-refractivity contribution >= 4 is 0 Å². The average Bonchev–Trinajstić information content (AvgIpc) is 2.48. The fourth-order valence-corrected chi connectivity index (χ4v) is 2.18. The van der Waals surface area contributed by atoms with Gasteiger partial charge in [-0.3, -0.25) is 0 Å². The van der Waals surface area contributed by atoms with Crippen LogP contribution in [0, 0.1) is 5.92 Å². The van der Waals surface area contributed by atoms with E-state index in [2.05, 4.69) is 49.1 Å². The van der Waals surface area contributed by atoms with E-state index in [-0.39, 0.29) is 1.43 Å². The summed E-state index contributed by atoms with van der Waals surface area (Å²) in [5.74, 6) is 1.46. The Hall–Kier alpha value is -1.13. The van der Waals surface area contributed by atoms with Gasteiger partial charge in [0.1, 0.15) is 0 Å². The highest BCUT2D eigenvalue weighted by Gasteiger charge is 2.05. The standard InChI is InChI=1S/C17H31N3O.H2/c1-5-15(3)13-20(4)14-16-8-9-17(19-12-16)21-11-7-10-18-6-2;/h8-9,12,15,18H,5-7,10-11,13-14H2,1-4H3;1H. The largest absolute Gasteiger partial charge is 0.478 e. The van der Waals surface area contributed by atoms with Crippen molar-refractivity contribution in [1.82, 2.24) is 15.2 Å². The maximum atomic E-state index is 5.63. The maximum absolute atomic E-state index is 5.63. The smallest absolute Gasteiger partial charge is 0.213 e. The predicted octanol–water partition coefficient (Wildman–Crippen LogP) is 3.18. The van der Waals surface area contributed by atoms with Gasteiger partial charge in [-0.05, 0) is 38.0 Å². The van der Waals surface area contributed by atoms with Crippen LogP contribution in [0.15, 0.2) is 18.3 Å². The van der Waals surface area contributed by atoms with Crippen molar-refractivity contribution in [3.05, 3.63) is 23.9 Å². The summed E-state index contributed by atoms with van der Waals surface area (Å²) in [6.07, 6.45) is 4.16. The summed E-state index contributed by atoms with van der Waals surface area (Å²) in [6.45, 7) is 11.4. The van der Waals surface area contributed by atoms with E-state index in [0.717, 1.165) is 44.4 Å². The van der Waals surface area contributed by atoms with Crippen molar-refractivity contribution in [3.8, 4) is 5.88 Å². The summed E-state index contributed by atoms with van der Waals surface area (Å²) in [5.41, 5.74) is 1.24. The van der Waals surface area contributed by atoms with Gasteiger partial charge in [0.15, 0.2) is 0 Å². The topological polar surface area (TPSA) is 37.4 Å². The van der Waals surface area contributed by atoms with Crippen LogP contribution in [0.3, 0.4) is 0 Å². The lowest BCUT2D eigenvalue weighted by Crippen LogP contribution is -2.23. The zero-order valence-corrected chi connectivity index (χ0v) is 14.1. The van der Waals surface area contributed by atoms with Crippen LogP contribution < -0.4 is 10.1 Å². The Kier molecular flexibility index (Phi) is 9.02. The van der Waals surface area contributed by atoms with E-state index in [1.54, 1.807) is 0 Å². The lowest BCUT2D eigenvalue weighted by Gasteiger charge is -2.20. The number of hydrogen-bond donors (Lipinski definition) is 1. The lowest BCUT2D eigenvalue weighted by molar-refractivity contribution is 0.273. The van der Waals surface area contributed by atoms with Crippen molar-refractivity contribution in [2.24, 2.45) is 5.92 Å². The monoisotopic (exact) mass is 295 g/mol. The molecule has 1 N–H and O–H groups in total. The Labute approximate surface area is 131 Å².